The lowest BCUT2D eigenvalue weighted by Crippen LogP contribution is -2.52. The minimum Gasteiger partial charge on any atom is -0.478 e. The van der Waals surface area contributed by atoms with E-state index < -0.39 is 27.7 Å². The van der Waals surface area contributed by atoms with Crippen LogP contribution in [0.1, 0.15) is 39.7 Å². The lowest BCUT2D eigenvalue weighted by Gasteiger charge is -2.48. The Bertz CT molecular complexity index is 1200. The van der Waals surface area contributed by atoms with Crippen molar-refractivity contribution in [1.82, 2.24) is 14.7 Å². The summed E-state index contributed by atoms with van der Waals surface area (Å²) in [5.41, 5.74) is -1.65. The molecule has 1 fully saturated rings. The Balaban J connectivity index is 2.20. The fraction of sp³-hybridized carbons (Fsp3) is 0.519. The summed E-state index contributed by atoms with van der Waals surface area (Å²) in [5.74, 6) is -2.54. The topological polar surface area (TPSA) is 151 Å². The highest BCUT2D eigenvalue weighted by Crippen LogP contribution is 2.53. The molecule has 38 heavy (non-hydrogen) atoms. The van der Waals surface area contributed by atoms with Gasteiger partial charge in [0, 0.05) is 63.3 Å². The van der Waals surface area contributed by atoms with Gasteiger partial charge >= 0.3 is 11.9 Å². The van der Waals surface area contributed by atoms with E-state index in [1.54, 1.807) is 31.9 Å². The summed E-state index contributed by atoms with van der Waals surface area (Å²) in [7, 11) is 1.62. The molecular formula is C27H35N5O6. The van der Waals surface area contributed by atoms with E-state index in [0.717, 1.165) is 26.2 Å². The molecule has 0 unspecified atom stereocenters. The third-order valence-electron chi connectivity index (χ3n) is 7.72. The molecule has 0 amide bonds. The number of non-ortho nitro benzene ring substituents is 1. The van der Waals surface area contributed by atoms with Crippen LogP contribution in [0.3, 0.4) is 0 Å². The van der Waals surface area contributed by atoms with Gasteiger partial charge in [0.1, 0.15) is 0 Å². The van der Waals surface area contributed by atoms with Gasteiger partial charge in [-0.15, -0.1) is 0 Å². The van der Waals surface area contributed by atoms with Crippen molar-refractivity contribution in [2.45, 2.75) is 39.5 Å². The van der Waals surface area contributed by atoms with Crippen LogP contribution >= 0.6 is 0 Å². The molecule has 0 bridgehead atoms. The van der Waals surface area contributed by atoms with Gasteiger partial charge in [0.2, 0.25) is 0 Å². The van der Waals surface area contributed by atoms with Crippen LogP contribution in [0, 0.1) is 26.9 Å². The quantitative estimate of drug-likeness (QED) is 0.280. The monoisotopic (exact) mass is 525 g/mol. The normalized spacial score (nSPS) is 18.9. The van der Waals surface area contributed by atoms with Crippen LogP contribution in [-0.4, -0.2) is 88.1 Å². The molecule has 1 saturated heterocycles. The summed E-state index contributed by atoms with van der Waals surface area (Å²) in [6, 6.07) is 7.83. The number of nitriles is 1. The van der Waals surface area contributed by atoms with Gasteiger partial charge in [-0.25, -0.2) is 9.59 Å². The number of piperazine rings is 1. The minimum atomic E-state index is -1.64. The maximum Gasteiger partial charge on any atom is 0.334 e. The maximum absolute atomic E-state index is 12.9. The second kappa shape index (κ2) is 10.9. The van der Waals surface area contributed by atoms with Crippen LogP contribution in [0.25, 0.3) is 0 Å². The maximum atomic E-state index is 12.9. The first-order chi connectivity index (χ1) is 17.7. The molecule has 2 N–H and O–H groups in total. The third kappa shape index (κ3) is 5.42. The van der Waals surface area contributed by atoms with Gasteiger partial charge < -0.3 is 20.0 Å². The highest BCUT2D eigenvalue weighted by Gasteiger charge is 2.54. The molecule has 11 nitrogen and oxygen atoms in total. The van der Waals surface area contributed by atoms with E-state index in [-0.39, 0.29) is 28.8 Å². The van der Waals surface area contributed by atoms with Crippen LogP contribution < -0.4 is 0 Å². The van der Waals surface area contributed by atoms with Crippen molar-refractivity contribution in [3.05, 3.63) is 62.5 Å². The van der Waals surface area contributed by atoms with Gasteiger partial charge in [0.15, 0.2) is 0 Å². The molecule has 2 aliphatic heterocycles. The number of carbonyl (C=O) groups is 2. The molecule has 3 rings (SSSR count). The molecule has 0 radical (unpaired) electrons. The average Bonchev–Trinajstić information content (AvgIpc) is 2.83. The van der Waals surface area contributed by atoms with Crippen molar-refractivity contribution >= 4 is 17.6 Å². The first kappa shape index (κ1) is 28.8. The second-order valence-corrected chi connectivity index (χ2v) is 10.9. The first-order valence-electron chi connectivity index (χ1n) is 12.4. The highest BCUT2D eigenvalue weighted by molar-refractivity contribution is 6.00. The number of hydrogen-bond acceptors (Lipinski definition) is 8. The van der Waals surface area contributed by atoms with Gasteiger partial charge in [0.05, 0.1) is 34.1 Å². The van der Waals surface area contributed by atoms with Gasteiger partial charge in [0.25, 0.3) is 5.69 Å². The van der Waals surface area contributed by atoms with Crippen LogP contribution in [0.2, 0.25) is 0 Å². The van der Waals surface area contributed by atoms with Gasteiger partial charge in [-0.05, 0) is 31.2 Å². The number of rotatable bonds is 9. The Morgan fingerprint density at radius 2 is 1.61 bits per heavy atom. The molecule has 0 aliphatic carbocycles. The van der Waals surface area contributed by atoms with E-state index >= 15 is 0 Å². The smallest absolute Gasteiger partial charge is 0.334 e. The van der Waals surface area contributed by atoms with Crippen molar-refractivity contribution in [3.8, 4) is 6.07 Å². The number of carboxylic acids is 2. The number of allylic oxidation sites excluding steroid dienone is 2. The number of nitro groups is 1. The summed E-state index contributed by atoms with van der Waals surface area (Å²) in [5, 5.41) is 41.7. The highest BCUT2D eigenvalue weighted by atomic mass is 16.6. The van der Waals surface area contributed by atoms with Gasteiger partial charge in [-0.1, -0.05) is 26.0 Å². The van der Waals surface area contributed by atoms with E-state index in [1.165, 1.54) is 18.2 Å². The molecule has 1 aromatic rings. The minimum absolute atomic E-state index is 0.101. The van der Waals surface area contributed by atoms with Gasteiger partial charge in [-0.3, -0.25) is 15.0 Å². The lowest BCUT2D eigenvalue weighted by atomic mass is 9.59. The molecule has 11 heteroatoms. The Labute approximate surface area is 222 Å². The molecule has 0 atom stereocenters. The Hall–Kier alpha value is -3.75. The zero-order valence-electron chi connectivity index (χ0n) is 22.5. The Morgan fingerprint density at radius 3 is 2.08 bits per heavy atom. The van der Waals surface area contributed by atoms with E-state index in [1.807, 2.05) is 13.8 Å². The average molecular weight is 526 g/mol. The van der Waals surface area contributed by atoms with Crippen LogP contribution in [0.5, 0.6) is 0 Å². The van der Waals surface area contributed by atoms with Gasteiger partial charge in [-0.2, -0.15) is 5.26 Å². The molecule has 0 saturated carbocycles. The van der Waals surface area contributed by atoms with Crippen molar-refractivity contribution in [2.24, 2.45) is 5.41 Å². The summed E-state index contributed by atoms with van der Waals surface area (Å²) < 4.78 is 0. The number of hydrogen-bond donors (Lipinski definition) is 2. The predicted molar refractivity (Wildman–Crippen MR) is 140 cm³/mol. The van der Waals surface area contributed by atoms with E-state index in [0.29, 0.717) is 24.5 Å². The first-order valence-corrected chi connectivity index (χ1v) is 12.4. The third-order valence-corrected chi connectivity index (χ3v) is 7.72. The van der Waals surface area contributed by atoms with Crippen molar-refractivity contribution in [3.63, 3.8) is 0 Å². The van der Waals surface area contributed by atoms with Crippen molar-refractivity contribution in [2.75, 3.05) is 46.3 Å². The van der Waals surface area contributed by atoms with Crippen LogP contribution in [-0.2, 0) is 15.0 Å². The zero-order chi connectivity index (χ0) is 28.4. The fourth-order valence-corrected chi connectivity index (χ4v) is 6.04. The Morgan fingerprint density at radius 1 is 1.08 bits per heavy atom. The van der Waals surface area contributed by atoms with Crippen LogP contribution in [0.4, 0.5) is 5.69 Å². The molecule has 204 valence electrons. The van der Waals surface area contributed by atoms with E-state index in [9.17, 15) is 29.9 Å². The van der Waals surface area contributed by atoms with Crippen LogP contribution in [0.15, 0.2) is 46.8 Å². The summed E-state index contributed by atoms with van der Waals surface area (Å²) >= 11 is 0. The lowest BCUT2D eigenvalue weighted by molar-refractivity contribution is -0.385. The van der Waals surface area contributed by atoms with Crippen molar-refractivity contribution < 1.29 is 24.7 Å². The van der Waals surface area contributed by atoms with Crippen molar-refractivity contribution in [1.29, 1.82) is 5.26 Å². The largest absolute Gasteiger partial charge is 0.478 e. The number of benzene rings is 1. The molecule has 2 aliphatic rings. The second-order valence-electron chi connectivity index (χ2n) is 10.9. The number of carboxylic acid groups (broad SMARTS) is 2. The van der Waals surface area contributed by atoms with E-state index in [2.05, 4.69) is 15.9 Å². The SMILES string of the molecule is CC1=C(C(=O)O)C(CC(C)(C)CN2CCN(CC#N)CC2)(c2cccc([N+](=O)[O-])c2)C(C(=O)O)=C(C)N1C. The molecule has 0 aromatic heterocycles. The van der Waals surface area contributed by atoms with E-state index in [4.69, 9.17) is 5.26 Å². The predicted octanol–water partition coefficient (Wildman–Crippen LogP) is 3.05. The molecule has 2 heterocycles. The zero-order valence-corrected chi connectivity index (χ0v) is 22.5. The number of aliphatic carboxylic acids is 2. The fourth-order valence-electron chi connectivity index (χ4n) is 6.04. The molecular weight excluding hydrogens is 490 g/mol. The standard InChI is InChI=1S/C27H35N5O6/c1-18-22(24(33)34)27(23(25(35)36)19(2)29(18)5,20-7-6-8-21(15-20)32(37)38)16-26(3,4)17-31-13-11-30(10-9-28)12-14-31/h6-8,15H,10-14,16-17H2,1-5H3,(H,33,34)(H,35,36). The molecule has 0 spiro atoms. The number of nitrogens with zero attached hydrogens (tertiary/aromatic N) is 5. The summed E-state index contributed by atoms with van der Waals surface area (Å²) in [4.78, 5) is 42.8. The Kier molecular flexibility index (Phi) is 8.29. The number of nitro benzene ring substituents is 1. The summed E-state index contributed by atoms with van der Waals surface area (Å²) in [6.07, 6.45) is 0.103. The summed E-state index contributed by atoms with van der Waals surface area (Å²) in [6.45, 7) is 11.0. The molecule has 1 aromatic carbocycles.